The maximum absolute atomic E-state index is 11.5. The Labute approximate surface area is 154 Å². The van der Waals surface area contributed by atoms with Crippen LogP contribution in [0.15, 0.2) is 40.9 Å². The van der Waals surface area contributed by atoms with Crippen LogP contribution in [0.5, 0.6) is 0 Å². The summed E-state index contributed by atoms with van der Waals surface area (Å²) in [6, 6.07) is 10.1. The van der Waals surface area contributed by atoms with Gasteiger partial charge in [0.1, 0.15) is 5.56 Å². The van der Waals surface area contributed by atoms with Crippen molar-refractivity contribution in [2.45, 2.75) is 6.92 Å². The third-order valence-corrected chi connectivity index (χ3v) is 4.67. The summed E-state index contributed by atoms with van der Waals surface area (Å²) in [6.07, 6.45) is 0. The van der Waals surface area contributed by atoms with Gasteiger partial charge in [-0.3, -0.25) is 14.5 Å². The highest BCUT2D eigenvalue weighted by Gasteiger charge is 2.24. The van der Waals surface area contributed by atoms with Gasteiger partial charge in [0.05, 0.1) is 26.7 Å². The van der Waals surface area contributed by atoms with Crippen molar-refractivity contribution in [3.8, 4) is 11.4 Å². The van der Waals surface area contributed by atoms with E-state index < -0.39 is 4.92 Å². The fraction of sp³-hybridized carbons (Fsp3) is 0.0625. The molecule has 124 valence electrons. The maximum atomic E-state index is 11.5. The van der Waals surface area contributed by atoms with E-state index in [-0.39, 0.29) is 16.3 Å². The fourth-order valence-corrected chi connectivity index (χ4v) is 3.40. The minimum atomic E-state index is -0.477. The molecule has 0 saturated heterocycles. The summed E-state index contributed by atoms with van der Waals surface area (Å²) in [5.41, 5.74) is 2.75. The molecule has 7 nitrogen and oxygen atoms in total. The van der Waals surface area contributed by atoms with Crippen LogP contribution >= 0.6 is 27.5 Å². The zero-order valence-electron chi connectivity index (χ0n) is 12.8. The second kappa shape index (κ2) is 5.75. The highest BCUT2D eigenvalue weighted by molar-refractivity contribution is 9.10. The summed E-state index contributed by atoms with van der Waals surface area (Å²) < 4.78 is 2.63. The monoisotopic (exact) mass is 417 g/mol. The largest absolute Gasteiger partial charge is 0.281 e. The predicted molar refractivity (Wildman–Crippen MR) is 97.8 cm³/mol. The van der Waals surface area contributed by atoms with E-state index in [1.165, 1.54) is 12.1 Å². The highest BCUT2D eigenvalue weighted by atomic mass is 79.9. The van der Waals surface area contributed by atoms with Crippen molar-refractivity contribution >= 4 is 49.9 Å². The number of fused-ring (bicyclic) bond motifs is 3. The van der Waals surface area contributed by atoms with Crippen LogP contribution in [-0.4, -0.2) is 24.5 Å². The Morgan fingerprint density at radius 1 is 1.24 bits per heavy atom. The molecule has 0 atom stereocenters. The van der Waals surface area contributed by atoms with E-state index in [1.54, 1.807) is 10.5 Å². The number of benzene rings is 2. The molecule has 4 rings (SSSR count). The number of aryl methyl sites for hydroxylation is 1. The summed E-state index contributed by atoms with van der Waals surface area (Å²) in [7, 11) is 0. The molecule has 2 aromatic carbocycles. The number of rotatable bonds is 2. The summed E-state index contributed by atoms with van der Waals surface area (Å²) in [5, 5.41) is 20.0. The average Bonchev–Trinajstić information content (AvgIpc) is 2.99. The van der Waals surface area contributed by atoms with Crippen LogP contribution in [-0.2, 0) is 0 Å². The molecule has 2 heterocycles. The van der Waals surface area contributed by atoms with Gasteiger partial charge in [-0.25, -0.2) is 4.98 Å². The quantitative estimate of drug-likeness (QED) is 0.351. The third kappa shape index (κ3) is 2.45. The lowest BCUT2D eigenvalue weighted by atomic mass is 10.1. The first-order valence-corrected chi connectivity index (χ1v) is 8.38. The van der Waals surface area contributed by atoms with Crippen molar-refractivity contribution in [1.29, 1.82) is 0 Å². The molecular formula is C16H9BrClN5O2. The van der Waals surface area contributed by atoms with Crippen LogP contribution in [0.2, 0.25) is 5.02 Å². The Morgan fingerprint density at radius 2 is 2.04 bits per heavy atom. The molecule has 25 heavy (non-hydrogen) atoms. The second-order valence-corrected chi connectivity index (χ2v) is 6.73. The molecule has 0 saturated carbocycles. The van der Waals surface area contributed by atoms with E-state index >= 15 is 0 Å². The Hall–Kier alpha value is -2.58. The molecule has 0 unspecified atom stereocenters. The number of aromatic nitrogens is 4. The van der Waals surface area contributed by atoms with Gasteiger partial charge in [0.2, 0.25) is 0 Å². The minimum absolute atomic E-state index is 0.124. The number of nitro benzene ring substituents is 1. The van der Waals surface area contributed by atoms with E-state index in [2.05, 4.69) is 31.1 Å². The van der Waals surface area contributed by atoms with Gasteiger partial charge in [-0.1, -0.05) is 33.6 Å². The Kier molecular flexibility index (Phi) is 3.66. The number of hydrogen-bond donors (Lipinski definition) is 0. The van der Waals surface area contributed by atoms with Crippen LogP contribution in [0.25, 0.3) is 28.1 Å². The van der Waals surface area contributed by atoms with Crippen molar-refractivity contribution in [2.75, 3.05) is 0 Å². The van der Waals surface area contributed by atoms with E-state index in [4.69, 9.17) is 11.6 Å². The van der Waals surface area contributed by atoms with E-state index in [1.807, 2.05) is 25.1 Å². The molecule has 0 aliphatic heterocycles. The molecule has 0 amide bonds. The zero-order chi connectivity index (χ0) is 17.7. The van der Waals surface area contributed by atoms with Crippen LogP contribution < -0.4 is 0 Å². The van der Waals surface area contributed by atoms with E-state index in [9.17, 15) is 10.1 Å². The zero-order valence-corrected chi connectivity index (χ0v) is 15.1. The van der Waals surface area contributed by atoms with E-state index in [0.29, 0.717) is 17.2 Å². The molecule has 9 heteroatoms. The fourth-order valence-electron chi connectivity index (χ4n) is 2.80. The van der Waals surface area contributed by atoms with Gasteiger partial charge in [-0.05, 0) is 31.2 Å². The SMILES string of the molecule is Cc1nc2cc(Br)ccc2n2c(-c3c(Cl)cccc3[N+](=O)[O-])nnc12. The number of nitro groups is 1. The second-order valence-electron chi connectivity index (χ2n) is 5.40. The summed E-state index contributed by atoms with van der Waals surface area (Å²) in [5.74, 6) is 0.310. The lowest BCUT2D eigenvalue weighted by Crippen LogP contribution is -2.00. The van der Waals surface area contributed by atoms with Crippen molar-refractivity contribution in [1.82, 2.24) is 19.6 Å². The highest BCUT2D eigenvalue weighted by Crippen LogP contribution is 2.36. The van der Waals surface area contributed by atoms with Gasteiger partial charge < -0.3 is 0 Å². The number of nitrogens with zero attached hydrogens (tertiary/aromatic N) is 5. The Morgan fingerprint density at radius 3 is 2.80 bits per heavy atom. The third-order valence-electron chi connectivity index (χ3n) is 3.87. The number of halogens is 2. The summed E-state index contributed by atoms with van der Waals surface area (Å²) in [6.45, 7) is 1.81. The van der Waals surface area contributed by atoms with Crippen molar-refractivity contribution < 1.29 is 4.92 Å². The molecule has 4 aromatic rings. The first-order chi connectivity index (χ1) is 12.0. The van der Waals surface area contributed by atoms with Crippen molar-refractivity contribution in [3.05, 3.63) is 61.7 Å². The van der Waals surface area contributed by atoms with Crippen molar-refractivity contribution in [2.24, 2.45) is 0 Å². The van der Waals surface area contributed by atoms with Gasteiger partial charge in [-0.15, -0.1) is 10.2 Å². The van der Waals surface area contributed by atoms with Gasteiger partial charge in [0, 0.05) is 10.5 Å². The predicted octanol–water partition coefficient (Wildman–Crippen LogP) is 4.58. The van der Waals surface area contributed by atoms with Crippen LogP contribution in [0.4, 0.5) is 5.69 Å². The Balaban J connectivity index is 2.18. The Bertz CT molecular complexity index is 1170. The molecule has 0 aliphatic carbocycles. The summed E-state index contributed by atoms with van der Waals surface area (Å²) in [4.78, 5) is 15.5. The van der Waals surface area contributed by atoms with Gasteiger partial charge in [0.15, 0.2) is 11.5 Å². The lowest BCUT2D eigenvalue weighted by molar-refractivity contribution is -0.384. The number of hydrogen-bond acceptors (Lipinski definition) is 5. The molecule has 0 bridgehead atoms. The molecule has 0 fully saturated rings. The lowest BCUT2D eigenvalue weighted by Gasteiger charge is -2.08. The first-order valence-electron chi connectivity index (χ1n) is 7.21. The maximum Gasteiger partial charge on any atom is 0.281 e. The molecular weight excluding hydrogens is 410 g/mol. The van der Waals surface area contributed by atoms with Gasteiger partial charge >= 0.3 is 0 Å². The van der Waals surface area contributed by atoms with Crippen LogP contribution in [0.3, 0.4) is 0 Å². The minimum Gasteiger partial charge on any atom is -0.272 e. The van der Waals surface area contributed by atoms with Crippen molar-refractivity contribution in [3.63, 3.8) is 0 Å². The molecule has 0 N–H and O–H groups in total. The van der Waals surface area contributed by atoms with E-state index in [0.717, 1.165) is 15.5 Å². The molecule has 0 aliphatic rings. The summed E-state index contributed by atoms with van der Waals surface area (Å²) >= 11 is 9.70. The normalized spacial score (nSPS) is 11.3. The molecule has 0 spiro atoms. The average molecular weight is 419 g/mol. The van der Waals surface area contributed by atoms with Crippen LogP contribution in [0.1, 0.15) is 5.69 Å². The topological polar surface area (TPSA) is 86.2 Å². The van der Waals surface area contributed by atoms with Gasteiger partial charge in [0.25, 0.3) is 5.69 Å². The molecule has 0 radical (unpaired) electrons. The van der Waals surface area contributed by atoms with Crippen LogP contribution in [0, 0.1) is 17.0 Å². The standard InChI is InChI=1S/C16H9BrClN5O2/c1-8-15-20-21-16(14-10(18)3-2-4-13(14)23(24)25)22(15)12-6-5-9(17)7-11(12)19-8/h2-7H,1H3. The smallest absolute Gasteiger partial charge is 0.272 e. The molecule has 2 aromatic heterocycles. The first kappa shape index (κ1) is 15.9. The van der Waals surface area contributed by atoms with Gasteiger partial charge in [-0.2, -0.15) is 0 Å².